The van der Waals surface area contributed by atoms with Crippen molar-refractivity contribution in [1.29, 1.82) is 0 Å². The van der Waals surface area contributed by atoms with E-state index in [1.165, 1.54) is 19.3 Å². The second kappa shape index (κ2) is 3.36. The fourth-order valence-electron chi connectivity index (χ4n) is 2.15. The third-order valence-electron chi connectivity index (χ3n) is 2.82. The normalized spacial score (nSPS) is 19.2. The van der Waals surface area contributed by atoms with Crippen molar-refractivity contribution in [3.8, 4) is 0 Å². The molecule has 0 bridgehead atoms. The van der Waals surface area contributed by atoms with E-state index in [2.05, 4.69) is 10.2 Å². The van der Waals surface area contributed by atoms with Gasteiger partial charge in [-0.3, -0.25) is 4.57 Å². The summed E-state index contributed by atoms with van der Waals surface area (Å²) in [6.45, 7) is 1.88. The number of nitrogens with one attached hydrogen (secondary N) is 1. The van der Waals surface area contributed by atoms with Gasteiger partial charge in [0.05, 0.1) is 0 Å². The van der Waals surface area contributed by atoms with Gasteiger partial charge < -0.3 is 0 Å². The predicted molar refractivity (Wildman–Crippen MR) is 49.7 cm³/mol. The Morgan fingerprint density at radius 2 is 2.08 bits per heavy atom. The van der Waals surface area contributed by atoms with E-state index in [-0.39, 0.29) is 5.69 Å². The van der Waals surface area contributed by atoms with Crippen molar-refractivity contribution in [3.05, 3.63) is 16.3 Å². The van der Waals surface area contributed by atoms with Gasteiger partial charge in [0.2, 0.25) is 0 Å². The maximum atomic E-state index is 11.4. The zero-order chi connectivity index (χ0) is 9.26. The molecule has 4 heteroatoms. The van der Waals surface area contributed by atoms with Gasteiger partial charge in [-0.25, -0.2) is 9.89 Å². The summed E-state index contributed by atoms with van der Waals surface area (Å²) in [6.07, 6.45) is 6.03. The number of hydrogen-bond acceptors (Lipinski definition) is 2. The molecule has 0 aromatic carbocycles. The predicted octanol–water partition coefficient (Wildman–Crippen LogP) is 1.39. The number of aromatic amines is 1. The molecule has 0 unspecified atom stereocenters. The van der Waals surface area contributed by atoms with Crippen LogP contribution in [0.4, 0.5) is 0 Å². The molecular formula is C9H15N3O. The SMILES string of the molecule is Cc1n[nH]c(=O)n1C1CCCCC1. The lowest BCUT2D eigenvalue weighted by molar-refractivity contribution is 0.342. The molecule has 0 atom stereocenters. The van der Waals surface area contributed by atoms with Gasteiger partial charge in [0, 0.05) is 6.04 Å². The molecule has 0 amide bonds. The van der Waals surface area contributed by atoms with Crippen molar-refractivity contribution >= 4 is 0 Å². The zero-order valence-corrected chi connectivity index (χ0v) is 7.92. The molecule has 0 spiro atoms. The fourth-order valence-corrected chi connectivity index (χ4v) is 2.15. The molecule has 0 saturated heterocycles. The van der Waals surface area contributed by atoms with E-state index in [9.17, 15) is 4.79 Å². The Bertz CT molecular complexity index is 333. The minimum absolute atomic E-state index is 0.0515. The highest BCUT2D eigenvalue weighted by atomic mass is 16.1. The molecule has 0 radical (unpaired) electrons. The summed E-state index contributed by atoms with van der Waals surface area (Å²) in [6, 6.07) is 0.389. The molecule has 0 aliphatic heterocycles. The molecule has 2 rings (SSSR count). The fraction of sp³-hybridized carbons (Fsp3) is 0.778. The van der Waals surface area contributed by atoms with Crippen LogP contribution in [0.15, 0.2) is 4.79 Å². The number of H-pyrrole nitrogens is 1. The van der Waals surface area contributed by atoms with E-state index < -0.39 is 0 Å². The lowest BCUT2D eigenvalue weighted by atomic mass is 9.95. The number of nitrogens with zero attached hydrogens (tertiary/aromatic N) is 2. The molecule has 1 saturated carbocycles. The number of aromatic nitrogens is 3. The van der Waals surface area contributed by atoms with Gasteiger partial charge >= 0.3 is 5.69 Å². The van der Waals surface area contributed by atoms with E-state index >= 15 is 0 Å². The Hall–Kier alpha value is -1.06. The summed E-state index contributed by atoms with van der Waals surface area (Å²) in [5, 5.41) is 6.41. The van der Waals surface area contributed by atoms with E-state index in [4.69, 9.17) is 0 Å². The van der Waals surface area contributed by atoms with Crippen LogP contribution in [0.1, 0.15) is 44.0 Å². The molecule has 1 aromatic rings. The third kappa shape index (κ3) is 1.53. The standard InChI is InChI=1S/C9H15N3O/c1-7-10-11-9(13)12(7)8-5-3-2-4-6-8/h8H,2-6H2,1H3,(H,11,13). The smallest absolute Gasteiger partial charge is 0.276 e. The molecule has 1 fully saturated rings. The van der Waals surface area contributed by atoms with Gasteiger partial charge in [0.1, 0.15) is 5.82 Å². The van der Waals surface area contributed by atoms with Crippen LogP contribution in [-0.2, 0) is 0 Å². The van der Waals surface area contributed by atoms with Crippen molar-refractivity contribution in [2.45, 2.75) is 45.1 Å². The van der Waals surface area contributed by atoms with Crippen molar-refractivity contribution in [1.82, 2.24) is 14.8 Å². The molecular weight excluding hydrogens is 166 g/mol. The molecule has 1 N–H and O–H groups in total. The van der Waals surface area contributed by atoms with Gasteiger partial charge in [0.25, 0.3) is 0 Å². The van der Waals surface area contributed by atoms with Gasteiger partial charge in [-0.1, -0.05) is 19.3 Å². The van der Waals surface area contributed by atoms with Crippen LogP contribution >= 0.6 is 0 Å². The Balaban J connectivity index is 2.27. The van der Waals surface area contributed by atoms with E-state index in [1.807, 2.05) is 6.92 Å². The average molecular weight is 181 g/mol. The van der Waals surface area contributed by atoms with Crippen LogP contribution in [0.2, 0.25) is 0 Å². The van der Waals surface area contributed by atoms with Crippen LogP contribution in [0.5, 0.6) is 0 Å². The highest BCUT2D eigenvalue weighted by Gasteiger charge is 2.18. The Kier molecular flexibility index (Phi) is 2.20. The topological polar surface area (TPSA) is 50.7 Å². The number of hydrogen-bond donors (Lipinski definition) is 1. The van der Waals surface area contributed by atoms with Crippen molar-refractivity contribution < 1.29 is 0 Å². The summed E-state index contributed by atoms with van der Waals surface area (Å²) >= 11 is 0. The van der Waals surface area contributed by atoms with Crippen molar-refractivity contribution in [2.75, 3.05) is 0 Å². The minimum atomic E-state index is -0.0515. The summed E-state index contributed by atoms with van der Waals surface area (Å²) in [7, 11) is 0. The second-order valence-electron chi connectivity index (χ2n) is 3.74. The first-order valence-electron chi connectivity index (χ1n) is 4.92. The molecule has 13 heavy (non-hydrogen) atoms. The highest BCUT2D eigenvalue weighted by Crippen LogP contribution is 2.27. The second-order valence-corrected chi connectivity index (χ2v) is 3.74. The Labute approximate surface area is 77.0 Å². The largest absolute Gasteiger partial charge is 0.343 e. The van der Waals surface area contributed by atoms with E-state index in [0.717, 1.165) is 18.7 Å². The lowest BCUT2D eigenvalue weighted by Crippen LogP contribution is -2.25. The first-order chi connectivity index (χ1) is 6.29. The van der Waals surface area contributed by atoms with E-state index in [0.29, 0.717) is 6.04 Å². The molecule has 1 aliphatic rings. The molecule has 1 aromatic heterocycles. The highest BCUT2D eigenvalue weighted by molar-refractivity contribution is 4.87. The first kappa shape index (κ1) is 8.53. The van der Waals surface area contributed by atoms with Crippen molar-refractivity contribution in [2.24, 2.45) is 0 Å². The van der Waals surface area contributed by atoms with Crippen LogP contribution in [-0.4, -0.2) is 14.8 Å². The summed E-state index contributed by atoms with van der Waals surface area (Å²) < 4.78 is 1.80. The van der Waals surface area contributed by atoms with Gasteiger partial charge in [-0.2, -0.15) is 5.10 Å². The van der Waals surface area contributed by atoms with Crippen LogP contribution in [0.25, 0.3) is 0 Å². The minimum Gasteiger partial charge on any atom is -0.276 e. The molecule has 1 aliphatic carbocycles. The van der Waals surface area contributed by atoms with Gasteiger partial charge in [-0.05, 0) is 19.8 Å². The molecule has 72 valence electrons. The number of aryl methyl sites for hydroxylation is 1. The zero-order valence-electron chi connectivity index (χ0n) is 7.92. The lowest BCUT2D eigenvalue weighted by Gasteiger charge is -2.22. The maximum absolute atomic E-state index is 11.4. The summed E-state index contributed by atoms with van der Waals surface area (Å²) in [5.41, 5.74) is -0.0515. The molecule has 1 heterocycles. The quantitative estimate of drug-likeness (QED) is 0.711. The molecule has 4 nitrogen and oxygen atoms in total. The van der Waals surface area contributed by atoms with Gasteiger partial charge in [0.15, 0.2) is 0 Å². The monoisotopic (exact) mass is 181 g/mol. The Morgan fingerprint density at radius 1 is 1.38 bits per heavy atom. The van der Waals surface area contributed by atoms with E-state index in [1.54, 1.807) is 4.57 Å². The first-order valence-corrected chi connectivity index (χ1v) is 4.92. The average Bonchev–Trinajstić information content (AvgIpc) is 2.48. The summed E-state index contributed by atoms with van der Waals surface area (Å²) in [5.74, 6) is 0.817. The third-order valence-corrected chi connectivity index (χ3v) is 2.82. The van der Waals surface area contributed by atoms with Gasteiger partial charge in [-0.15, -0.1) is 0 Å². The van der Waals surface area contributed by atoms with Crippen LogP contribution in [0.3, 0.4) is 0 Å². The number of rotatable bonds is 1. The van der Waals surface area contributed by atoms with Crippen molar-refractivity contribution in [3.63, 3.8) is 0 Å². The summed E-state index contributed by atoms with van der Waals surface area (Å²) in [4.78, 5) is 11.4. The van der Waals surface area contributed by atoms with Crippen LogP contribution < -0.4 is 5.69 Å². The Morgan fingerprint density at radius 3 is 2.62 bits per heavy atom. The van der Waals surface area contributed by atoms with Crippen LogP contribution in [0, 0.1) is 6.92 Å². The maximum Gasteiger partial charge on any atom is 0.343 e.